The van der Waals surface area contributed by atoms with Gasteiger partial charge in [-0.15, -0.1) is 0 Å². The molecule has 0 unspecified atom stereocenters. The number of carbonyl (C=O) groups is 1. The summed E-state index contributed by atoms with van der Waals surface area (Å²) in [4.78, 5) is 32.2. The number of nitro groups is 1. The lowest BCUT2D eigenvalue weighted by Gasteiger charge is -2.21. The predicted molar refractivity (Wildman–Crippen MR) is 54.3 cm³/mol. The van der Waals surface area contributed by atoms with Gasteiger partial charge in [0.2, 0.25) is 0 Å². The summed E-state index contributed by atoms with van der Waals surface area (Å²) in [5.41, 5.74) is -3.10. The fourth-order valence-electron chi connectivity index (χ4n) is 1.16. The lowest BCUT2D eigenvalue weighted by molar-refractivity contribution is -0.386. The first-order valence-electron chi connectivity index (χ1n) is 4.38. The van der Waals surface area contributed by atoms with Crippen LogP contribution >= 0.6 is 0 Å². The Hall–Kier alpha value is -2.18. The van der Waals surface area contributed by atoms with Crippen molar-refractivity contribution in [2.45, 2.75) is 19.4 Å². The normalized spacial score (nSPS) is 11.1. The molecule has 86 valence electrons. The molecular weight excluding hydrogens is 216 g/mol. The first-order chi connectivity index (χ1) is 7.28. The summed E-state index contributed by atoms with van der Waals surface area (Å²) >= 11 is 0. The van der Waals surface area contributed by atoms with Gasteiger partial charge in [0, 0.05) is 12.3 Å². The molecule has 1 aromatic rings. The van der Waals surface area contributed by atoms with Crippen LogP contribution in [-0.4, -0.2) is 20.6 Å². The quantitative estimate of drug-likeness (QED) is 0.599. The van der Waals surface area contributed by atoms with Gasteiger partial charge in [0.1, 0.15) is 5.54 Å². The SMILES string of the molecule is CC(C)(C(=O)O)n1cccc([N+](=O)[O-])c1=O. The maximum Gasteiger partial charge on any atom is 0.334 e. The molecule has 1 N–H and O–H groups in total. The van der Waals surface area contributed by atoms with Gasteiger partial charge in [-0.05, 0) is 19.9 Å². The van der Waals surface area contributed by atoms with Crippen LogP contribution in [0.1, 0.15) is 13.8 Å². The molecule has 16 heavy (non-hydrogen) atoms. The largest absolute Gasteiger partial charge is 0.480 e. The highest BCUT2D eigenvalue weighted by molar-refractivity contribution is 5.75. The third-order valence-electron chi connectivity index (χ3n) is 2.25. The van der Waals surface area contributed by atoms with E-state index in [1.807, 2.05) is 0 Å². The molecule has 0 aliphatic heterocycles. The Bertz CT molecular complexity index is 503. The smallest absolute Gasteiger partial charge is 0.334 e. The van der Waals surface area contributed by atoms with Crippen molar-refractivity contribution in [3.8, 4) is 0 Å². The van der Waals surface area contributed by atoms with Crippen molar-refractivity contribution in [2.75, 3.05) is 0 Å². The summed E-state index contributed by atoms with van der Waals surface area (Å²) in [6.45, 7) is 2.58. The molecule has 0 spiro atoms. The van der Waals surface area contributed by atoms with E-state index in [2.05, 4.69) is 0 Å². The summed E-state index contributed by atoms with van der Waals surface area (Å²) in [6, 6.07) is 2.31. The number of rotatable bonds is 3. The average Bonchev–Trinajstić information content (AvgIpc) is 2.16. The number of hydrogen-bond acceptors (Lipinski definition) is 4. The number of carboxylic acids is 1. The Balaban J connectivity index is 3.49. The second-order valence-electron chi connectivity index (χ2n) is 3.69. The predicted octanol–water partition coefficient (Wildman–Crippen LogP) is 0.576. The summed E-state index contributed by atoms with van der Waals surface area (Å²) in [5, 5.41) is 19.4. The minimum atomic E-state index is -1.52. The van der Waals surface area contributed by atoms with Crippen molar-refractivity contribution in [2.24, 2.45) is 0 Å². The minimum Gasteiger partial charge on any atom is -0.480 e. The highest BCUT2D eigenvalue weighted by Gasteiger charge is 2.32. The Morgan fingerprint density at radius 2 is 2.12 bits per heavy atom. The fourth-order valence-corrected chi connectivity index (χ4v) is 1.16. The highest BCUT2D eigenvalue weighted by atomic mass is 16.6. The van der Waals surface area contributed by atoms with Gasteiger partial charge in [-0.1, -0.05) is 0 Å². The fraction of sp³-hybridized carbons (Fsp3) is 0.333. The van der Waals surface area contributed by atoms with Crippen LogP contribution < -0.4 is 5.56 Å². The maximum absolute atomic E-state index is 11.6. The lowest BCUT2D eigenvalue weighted by Crippen LogP contribution is -2.42. The Labute approximate surface area is 90.1 Å². The average molecular weight is 226 g/mol. The molecule has 7 nitrogen and oxygen atoms in total. The van der Waals surface area contributed by atoms with Gasteiger partial charge < -0.3 is 5.11 Å². The van der Waals surface area contributed by atoms with E-state index in [1.165, 1.54) is 26.1 Å². The van der Waals surface area contributed by atoms with Gasteiger partial charge in [0.15, 0.2) is 0 Å². The molecule has 1 rings (SSSR count). The maximum atomic E-state index is 11.6. The standard InChI is InChI=1S/C9H10N2O5/c1-9(2,8(13)14)10-5-3-4-6(7(10)12)11(15)16/h3-5H,1-2H3,(H,13,14). The van der Waals surface area contributed by atoms with Gasteiger partial charge >= 0.3 is 17.2 Å². The van der Waals surface area contributed by atoms with E-state index in [4.69, 9.17) is 5.11 Å². The molecule has 0 aliphatic carbocycles. The summed E-state index contributed by atoms with van der Waals surface area (Å²) < 4.78 is 0.827. The summed E-state index contributed by atoms with van der Waals surface area (Å²) in [6.07, 6.45) is 1.21. The molecule has 1 aromatic heterocycles. The molecule has 0 aliphatic rings. The van der Waals surface area contributed by atoms with Crippen LogP contribution in [0.2, 0.25) is 0 Å². The van der Waals surface area contributed by atoms with E-state index >= 15 is 0 Å². The van der Waals surface area contributed by atoms with Crippen molar-refractivity contribution in [3.63, 3.8) is 0 Å². The number of carboxylic acid groups (broad SMARTS) is 1. The van der Waals surface area contributed by atoms with Crippen molar-refractivity contribution < 1.29 is 14.8 Å². The molecule has 0 atom stereocenters. The number of pyridine rings is 1. The van der Waals surface area contributed by atoms with E-state index < -0.39 is 27.7 Å². The molecule has 0 saturated heterocycles. The van der Waals surface area contributed by atoms with Crippen LogP contribution in [0.3, 0.4) is 0 Å². The summed E-state index contributed by atoms with van der Waals surface area (Å²) in [5.74, 6) is -1.24. The van der Waals surface area contributed by atoms with Crippen LogP contribution in [0.25, 0.3) is 0 Å². The third kappa shape index (κ3) is 1.79. The van der Waals surface area contributed by atoms with Crippen molar-refractivity contribution >= 4 is 11.7 Å². The zero-order chi connectivity index (χ0) is 12.5. The third-order valence-corrected chi connectivity index (χ3v) is 2.25. The second-order valence-corrected chi connectivity index (χ2v) is 3.69. The van der Waals surface area contributed by atoms with Gasteiger partial charge in [-0.3, -0.25) is 19.5 Å². The molecule has 0 saturated carbocycles. The summed E-state index contributed by atoms with van der Waals surface area (Å²) in [7, 11) is 0. The Morgan fingerprint density at radius 3 is 2.56 bits per heavy atom. The number of nitrogens with zero attached hydrogens (tertiary/aromatic N) is 2. The lowest BCUT2D eigenvalue weighted by atomic mass is 10.1. The van der Waals surface area contributed by atoms with Crippen LogP contribution in [0.5, 0.6) is 0 Å². The van der Waals surface area contributed by atoms with E-state index in [9.17, 15) is 19.7 Å². The number of aliphatic carboxylic acids is 1. The molecule has 1 heterocycles. The molecule has 0 fully saturated rings. The molecule has 0 radical (unpaired) electrons. The Kier molecular flexibility index (Phi) is 2.80. The zero-order valence-electron chi connectivity index (χ0n) is 8.71. The van der Waals surface area contributed by atoms with Crippen LogP contribution in [-0.2, 0) is 10.3 Å². The molecular formula is C9H10N2O5. The van der Waals surface area contributed by atoms with Gasteiger partial charge in [-0.2, -0.15) is 0 Å². The zero-order valence-corrected chi connectivity index (χ0v) is 8.71. The molecule has 7 heteroatoms. The highest BCUT2D eigenvalue weighted by Crippen LogP contribution is 2.14. The van der Waals surface area contributed by atoms with Crippen molar-refractivity contribution in [1.82, 2.24) is 4.57 Å². The number of aromatic nitrogens is 1. The monoisotopic (exact) mass is 226 g/mol. The Morgan fingerprint density at radius 1 is 1.56 bits per heavy atom. The van der Waals surface area contributed by atoms with Crippen LogP contribution in [0.15, 0.2) is 23.1 Å². The van der Waals surface area contributed by atoms with Crippen LogP contribution in [0.4, 0.5) is 5.69 Å². The van der Waals surface area contributed by atoms with E-state index in [-0.39, 0.29) is 0 Å². The van der Waals surface area contributed by atoms with Gasteiger partial charge in [-0.25, -0.2) is 4.79 Å². The molecule has 0 aromatic carbocycles. The topological polar surface area (TPSA) is 102 Å². The first kappa shape index (κ1) is 11.9. The van der Waals surface area contributed by atoms with Crippen molar-refractivity contribution in [3.05, 3.63) is 38.8 Å². The van der Waals surface area contributed by atoms with E-state index in [0.717, 1.165) is 10.6 Å². The minimum absolute atomic E-state index is 0.642. The van der Waals surface area contributed by atoms with Gasteiger partial charge in [0.25, 0.3) is 0 Å². The second kappa shape index (κ2) is 3.76. The molecule has 0 bridgehead atoms. The number of hydrogen-bond donors (Lipinski definition) is 1. The van der Waals surface area contributed by atoms with Crippen LogP contribution in [0, 0.1) is 10.1 Å². The van der Waals surface area contributed by atoms with Gasteiger partial charge in [0.05, 0.1) is 4.92 Å². The van der Waals surface area contributed by atoms with E-state index in [0.29, 0.717) is 0 Å². The van der Waals surface area contributed by atoms with Crippen molar-refractivity contribution in [1.29, 1.82) is 0 Å². The molecule has 0 amide bonds. The van der Waals surface area contributed by atoms with E-state index in [1.54, 1.807) is 0 Å². The first-order valence-corrected chi connectivity index (χ1v) is 4.38.